The molecule has 0 atom stereocenters. The van der Waals surface area contributed by atoms with Crippen molar-refractivity contribution in [2.45, 2.75) is 105 Å². The fourth-order valence-electron chi connectivity index (χ4n) is 13.0. The van der Waals surface area contributed by atoms with E-state index in [1.54, 1.807) is 0 Å². The number of para-hydroxylation sites is 2. The second-order valence-corrected chi connectivity index (χ2v) is 27.4. The lowest BCUT2D eigenvalue weighted by atomic mass is 9.79. The number of furan rings is 2. The van der Waals surface area contributed by atoms with Crippen LogP contribution in [-0.4, -0.2) is 0 Å². The van der Waals surface area contributed by atoms with Gasteiger partial charge in [0, 0.05) is 54.8 Å². The van der Waals surface area contributed by atoms with E-state index >= 15 is 0 Å². The van der Waals surface area contributed by atoms with E-state index in [9.17, 15) is 0 Å². The molecule has 0 aliphatic rings. The Balaban J connectivity index is 1.04. The summed E-state index contributed by atoms with van der Waals surface area (Å²) in [5.74, 6) is 0. The van der Waals surface area contributed by atoms with Gasteiger partial charge in [-0.15, -0.1) is 0 Å². The molecule has 0 saturated heterocycles. The second kappa shape index (κ2) is 19.2. The minimum atomic E-state index is -0.160. The zero-order valence-electron chi connectivity index (χ0n) is 50.5. The van der Waals surface area contributed by atoms with E-state index in [0.29, 0.717) is 0 Å². The molecule has 0 aliphatic heterocycles. The lowest BCUT2D eigenvalue weighted by Gasteiger charge is -2.29. The Morgan fingerprint density at radius 2 is 0.631 bits per heavy atom. The van der Waals surface area contributed by atoms with Crippen molar-refractivity contribution >= 4 is 110 Å². The van der Waals surface area contributed by atoms with Crippen LogP contribution in [0.3, 0.4) is 0 Å². The van der Waals surface area contributed by atoms with Crippen LogP contribution in [0.25, 0.3) is 98.4 Å². The topological polar surface area (TPSA) is 32.8 Å². The van der Waals surface area contributed by atoms with Crippen LogP contribution in [0.4, 0.5) is 34.1 Å². The zero-order chi connectivity index (χ0) is 58.2. The maximum atomic E-state index is 7.37. The van der Waals surface area contributed by atoms with E-state index in [4.69, 9.17) is 8.83 Å². The molecule has 0 amide bonds. The number of hydrogen-bond donors (Lipinski definition) is 0. The third kappa shape index (κ3) is 8.80. The predicted octanol–water partition coefficient (Wildman–Crippen LogP) is 23.8. The zero-order valence-corrected chi connectivity index (χ0v) is 50.5. The number of rotatable bonds is 8. The molecule has 14 aromatic rings. The number of nitrogens with zero attached hydrogens (tertiary/aromatic N) is 2. The molecule has 14 rings (SSSR count). The van der Waals surface area contributed by atoms with Crippen LogP contribution in [0.2, 0.25) is 0 Å². The quantitative estimate of drug-likeness (QED) is 0.142. The van der Waals surface area contributed by atoms with Gasteiger partial charge in [0.2, 0.25) is 0 Å². The fourth-order valence-corrected chi connectivity index (χ4v) is 13.0. The monoisotopic (exact) mass is 1090 g/mol. The Morgan fingerprint density at radius 3 is 1.01 bits per heavy atom. The fraction of sp³-hybridized carbons (Fsp3) is 0.200. The van der Waals surface area contributed by atoms with Gasteiger partial charge in [-0.2, -0.15) is 0 Å². The predicted molar refractivity (Wildman–Crippen MR) is 360 cm³/mol. The second-order valence-electron chi connectivity index (χ2n) is 27.4. The number of fused-ring (bicyclic) bond motifs is 6. The summed E-state index contributed by atoms with van der Waals surface area (Å²) < 4.78 is 14.7. The number of anilines is 6. The average molecular weight is 1090 g/mol. The van der Waals surface area contributed by atoms with Crippen LogP contribution >= 0.6 is 0 Å². The molecular formula is C80H72N2O2. The van der Waals surface area contributed by atoms with Crippen LogP contribution in [0.15, 0.2) is 227 Å². The Labute approximate surface area is 493 Å². The summed E-state index contributed by atoms with van der Waals surface area (Å²) >= 11 is 0. The van der Waals surface area contributed by atoms with E-state index in [1.165, 1.54) is 43.8 Å². The minimum absolute atomic E-state index is 0.0580. The first kappa shape index (κ1) is 52.9. The van der Waals surface area contributed by atoms with Gasteiger partial charge >= 0.3 is 0 Å². The van der Waals surface area contributed by atoms with Crippen molar-refractivity contribution in [3.8, 4) is 22.3 Å². The summed E-state index contributed by atoms with van der Waals surface area (Å²) in [7, 11) is 0. The van der Waals surface area contributed by atoms with Gasteiger partial charge in [0.15, 0.2) is 11.2 Å². The molecule has 0 N–H and O–H groups in total. The smallest absolute Gasteiger partial charge is 0.159 e. The third-order valence-corrected chi connectivity index (χ3v) is 17.5. The molecule has 0 radical (unpaired) electrons. The van der Waals surface area contributed by atoms with Crippen molar-refractivity contribution in [1.29, 1.82) is 0 Å². The molecule has 12 aromatic carbocycles. The molecule has 0 bridgehead atoms. The maximum absolute atomic E-state index is 7.37. The summed E-state index contributed by atoms with van der Waals surface area (Å²) in [5.41, 5.74) is 19.0. The summed E-state index contributed by atoms with van der Waals surface area (Å²) in [4.78, 5) is 4.90. The van der Waals surface area contributed by atoms with Crippen molar-refractivity contribution in [2.24, 2.45) is 0 Å². The third-order valence-electron chi connectivity index (χ3n) is 17.5. The standard InChI is InChI=1S/C80H72N2O2/c1-77(2,3)55-45-63-59-31-21-33-69(75(59)83-73(63)65(47-55)79(7,8)9)81(57-29-19-27-53(43-57)49-23-15-13-16-24-49)67-41-37-51-36-40-62-68(42-38-52-35-39-61(67)71(51)72(52)62)82(58-30-20-28-54(44-58)50-25-17-14-18-26-50)70-34-22-32-60-64-46-56(78(4,5)6)48-66(80(10,11)12)74(64)84-76(60)70/h13-48H,1-12H3. The summed E-state index contributed by atoms with van der Waals surface area (Å²) in [5, 5.41) is 11.6. The molecule has 0 aliphatic carbocycles. The van der Waals surface area contributed by atoms with Gasteiger partial charge in [0.1, 0.15) is 11.2 Å². The largest absolute Gasteiger partial charge is 0.454 e. The molecule has 2 aromatic heterocycles. The highest BCUT2D eigenvalue weighted by Gasteiger charge is 2.31. The van der Waals surface area contributed by atoms with E-state index in [0.717, 1.165) is 111 Å². The Morgan fingerprint density at radius 1 is 0.262 bits per heavy atom. The number of benzene rings is 12. The van der Waals surface area contributed by atoms with Gasteiger partial charge in [-0.1, -0.05) is 241 Å². The van der Waals surface area contributed by atoms with E-state index in [2.05, 4.69) is 311 Å². The molecular weight excluding hydrogens is 1020 g/mol. The lowest BCUT2D eigenvalue weighted by Crippen LogP contribution is -2.16. The summed E-state index contributed by atoms with van der Waals surface area (Å²) in [6.07, 6.45) is 0. The Bertz CT molecular complexity index is 4570. The van der Waals surface area contributed by atoms with Crippen LogP contribution in [0, 0.1) is 0 Å². The molecule has 0 fully saturated rings. The van der Waals surface area contributed by atoms with Crippen LogP contribution < -0.4 is 9.80 Å². The van der Waals surface area contributed by atoms with Gasteiger partial charge in [-0.25, -0.2) is 0 Å². The van der Waals surface area contributed by atoms with Crippen molar-refractivity contribution in [2.75, 3.05) is 9.80 Å². The first-order chi connectivity index (χ1) is 40.2. The average Bonchev–Trinajstić information content (AvgIpc) is 1.86. The SMILES string of the molecule is CC(C)(C)c1cc(C(C)(C)C)c2oc3c(N(c4cccc(-c5ccccc5)c4)c4ccc5ccc6c(N(c7cccc(-c8ccccc8)c7)c7cccc8c7oc7c(C(C)(C)C)cc(C(C)(C)C)cc78)ccc7ccc4c5c76)cccc3c2c1. The van der Waals surface area contributed by atoms with Gasteiger partial charge in [0.05, 0.1) is 22.7 Å². The molecule has 4 heteroatoms. The Kier molecular flexibility index (Phi) is 12.1. The van der Waals surface area contributed by atoms with E-state index in [-0.39, 0.29) is 21.7 Å². The maximum Gasteiger partial charge on any atom is 0.159 e. The summed E-state index contributed by atoms with van der Waals surface area (Å²) in [6.45, 7) is 27.6. The highest BCUT2D eigenvalue weighted by atomic mass is 16.3. The molecule has 0 spiro atoms. The van der Waals surface area contributed by atoms with Crippen LogP contribution in [0.5, 0.6) is 0 Å². The molecule has 0 saturated carbocycles. The van der Waals surface area contributed by atoms with Crippen molar-refractivity contribution in [3.63, 3.8) is 0 Å². The summed E-state index contributed by atoms with van der Waals surface area (Å²) in [6, 6.07) is 80.9. The number of hydrogen-bond acceptors (Lipinski definition) is 4. The molecule has 0 unspecified atom stereocenters. The normalized spacial score (nSPS) is 12.8. The van der Waals surface area contributed by atoms with Gasteiger partial charge in [0.25, 0.3) is 0 Å². The van der Waals surface area contributed by atoms with E-state index in [1.807, 2.05) is 0 Å². The molecule has 84 heavy (non-hydrogen) atoms. The first-order valence-corrected chi connectivity index (χ1v) is 29.8. The van der Waals surface area contributed by atoms with Gasteiger partial charge in [-0.05, 0) is 137 Å². The van der Waals surface area contributed by atoms with E-state index < -0.39 is 0 Å². The molecule has 4 nitrogen and oxygen atoms in total. The van der Waals surface area contributed by atoms with Crippen LogP contribution in [-0.2, 0) is 21.7 Å². The highest BCUT2D eigenvalue weighted by Crippen LogP contribution is 2.52. The van der Waals surface area contributed by atoms with Crippen molar-refractivity contribution < 1.29 is 8.83 Å². The molecule has 2 heterocycles. The lowest BCUT2D eigenvalue weighted by molar-refractivity contribution is 0.558. The molecule has 414 valence electrons. The van der Waals surface area contributed by atoms with Crippen molar-refractivity contribution in [1.82, 2.24) is 0 Å². The van der Waals surface area contributed by atoms with Gasteiger partial charge in [-0.3, -0.25) is 0 Å². The van der Waals surface area contributed by atoms with Gasteiger partial charge < -0.3 is 18.6 Å². The van der Waals surface area contributed by atoms with Crippen molar-refractivity contribution in [3.05, 3.63) is 241 Å². The Hall–Kier alpha value is -9.12. The van der Waals surface area contributed by atoms with Crippen LogP contribution in [0.1, 0.15) is 105 Å². The highest BCUT2D eigenvalue weighted by molar-refractivity contribution is 6.29. The minimum Gasteiger partial charge on any atom is -0.454 e. The first-order valence-electron chi connectivity index (χ1n) is 29.8.